The largest absolute Gasteiger partial charge is 0.497 e. The number of rotatable bonds is 10. The lowest BCUT2D eigenvalue weighted by molar-refractivity contribution is -0.120. The Morgan fingerprint density at radius 3 is 2.20 bits per heavy atom. The number of nitrogens with one attached hydrogen (secondary N) is 3. The Kier molecular flexibility index (Phi) is 9.30. The van der Waals surface area contributed by atoms with Crippen LogP contribution in [0.2, 0.25) is 0 Å². The molecule has 0 saturated heterocycles. The molecule has 162 valence electrons. The number of methoxy groups -OCH3 is 3. The summed E-state index contributed by atoms with van der Waals surface area (Å²) in [7, 11) is 4.82. The molecule has 3 N–H and O–H groups in total. The summed E-state index contributed by atoms with van der Waals surface area (Å²) in [5.74, 6) is 2.55. The predicted molar refractivity (Wildman–Crippen MR) is 117 cm³/mol. The van der Waals surface area contributed by atoms with E-state index in [4.69, 9.17) is 14.2 Å². The predicted octanol–water partition coefficient (Wildman–Crippen LogP) is 2.08. The molecular formula is C22H30N4O4. The van der Waals surface area contributed by atoms with E-state index < -0.39 is 0 Å². The van der Waals surface area contributed by atoms with Crippen molar-refractivity contribution < 1.29 is 19.0 Å². The Morgan fingerprint density at radius 2 is 1.57 bits per heavy atom. The molecule has 0 radical (unpaired) electrons. The lowest BCUT2D eigenvalue weighted by Gasteiger charge is -2.12. The minimum Gasteiger partial charge on any atom is -0.497 e. The third-order valence-electron chi connectivity index (χ3n) is 4.28. The summed E-state index contributed by atoms with van der Waals surface area (Å²) in [6.07, 6.45) is 0. The van der Waals surface area contributed by atoms with Gasteiger partial charge in [-0.2, -0.15) is 0 Å². The molecule has 0 aliphatic carbocycles. The van der Waals surface area contributed by atoms with Crippen LogP contribution in [0.15, 0.2) is 47.5 Å². The number of carbonyl (C=O) groups excluding carboxylic acids is 1. The van der Waals surface area contributed by atoms with Crippen LogP contribution >= 0.6 is 0 Å². The Hall–Kier alpha value is -3.42. The van der Waals surface area contributed by atoms with Gasteiger partial charge in [0.15, 0.2) is 17.5 Å². The monoisotopic (exact) mass is 414 g/mol. The van der Waals surface area contributed by atoms with E-state index in [1.165, 1.54) is 0 Å². The summed E-state index contributed by atoms with van der Waals surface area (Å²) in [5.41, 5.74) is 1.96. The van der Waals surface area contributed by atoms with Gasteiger partial charge in [0, 0.05) is 13.1 Å². The van der Waals surface area contributed by atoms with Crippen LogP contribution in [0.25, 0.3) is 0 Å². The number of hydrogen-bond donors (Lipinski definition) is 3. The number of guanidine groups is 1. The zero-order chi connectivity index (χ0) is 21.8. The number of carbonyl (C=O) groups is 1. The molecular weight excluding hydrogens is 384 g/mol. The topological polar surface area (TPSA) is 93.2 Å². The van der Waals surface area contributed by atoms with Gasteiger partial charge in [-0.25, -0.2) is 4.99 Å². The van der Waals surface area contributed by atoms with Crippen molar-refractivity contribution in [2.24, 2.45) is 4.99 Å². The van der Waals surface area contributed by atoms with E-state index in [-0.39, 0.29) is 12.5 Å². The fourth-order valence-electron chi connectivity index (χ4n) is 2.66. The first kappa shape index (κ1) is 22.9. The number of amides is 1. The maximum Gasteiger partial charge on any atom is 0.239 e. The van der Waals surface area contributed by atoms with Crippen LogP contribution in [0.4, 0.5) is 0 Å². The van der Waals surface area contributed by atoms with Crippen molar-refractivity contribution in [1.29, 1.82) is 0 Å². The molecule has 8 nitrogen and oxygen atoms in total. The third-order valence-corrected chi connectivity index (χ3v) is 4.28. The summed E-state index contributed by atoms with van der Waals surface area (Å²) in [6.45, 7) is 3.66. The van der Waals surface area contributed by atoms with E-state index in [1.54, 1.807) is 21.3 Å². The van der Waals surface area contributed by atoms with Crippen molar-refractivity contribution in [3.63, 3.8) is 0 Å². The van der Waals surface area contributed by atoms with Crippen LogP contribution in [-0.4, -0.2) is 46.3 Å². The van der Waals surface area contributed by atoms with Gasteiger partial charge in [0.25, 0.3) is 0 Å². The summed E-state index contributed by atoms with van der Waals surface area (Å²) in [6, 6.07) is 13.2. The quantitative estimate of drug-likeness (QED) is 0.407. The molecule has 0 spiro atoms. The van der Waals surface area contributed by atoms with Crippen molar-refractivity contribution in [3.8, 4) is 17.2 Å². The van der Waals surface area contributed by atoms with Crippen LogP contribution in [0.5, 0.6) is 17.2 Å². The number of aliphatic imine (C=N–C) groups is 1. The standard InChI is InChI=1S/C22H30N4O4/c1-5-23-22(25-14-17-8-11-19(29-3)20(12-17)30-4)26-15-21(27)24-13-16-6-9-18(28-2)10-7-16/h6-12H,5,13-15H2,1-4H3,(H,24,27)(H2,23,25,26). The smallest absolute Gasteiger partial charge is 0.239 e. The molecule has 0 unspecified atom stereocenters. The highest BCUT2D eigenvalue weighted by molar-refractivity contribution is 5.86. The molecule has 2 rings (SSSR count). The van der Waals surface area contributed by atoms with Gasteiger partial charge in [0.1, 0.15) is 5.75 Å². The van der Waals surface area contributed by atoms with E-state index in [0.717, 1.165) is 16.9 Å². The normalized spacial score (nSPS) is 10.9. The average molecular weight is 415 g/mol. The van der Waals surface area contributed by atoms with Crippen LogP contribution in [0.1, 0.15) is 18.1 Å². The molecule has 0 saturated carbocycles. The van der Waals surface area contributed by atoms with E-state index >= 15 is 0 Å². The van der Waals surface area contributed by atoms with E-state index in [9.17, 15) is 4.79 Å². The Labute approximate surface area is 177 Å². The maximum absolute atomic E-state index is 12.2. The molecule has 2 aromatic rings. The highest BCUT2D eigenvalue weighted by Crippen LogP contribution is 2.27. The first-order valence-electron chi connectivity index (χ1n) is 9.72. The molecule has 2 aromatic carbocycles. The second kappa shape index (κ2) is 12.2. The van der Waals surface area contributed by atoms with Crippen molar-refractivity contribution in [3.05, 3.63) is 53.6 Å². The highest BCUT2D eigenvalue weighted by Gasteiger charge is 2.06. The fourth-order valence-corrected chi connectivity index (χ4v) is 2.66. The first-order chi connectivity index (χ1) is 14.6. The molecule has 0 aliphatic rings. The molecule has 0 fully saturated rings. The number of ether oxygens (including phenoxy) is 3. The Bertz CT molecular complexity index is 838. The van der Waals surface area contributed by atoms with E-state index in [0.29, 0.717) is 37.1 Å². The van der Waals surface area contributed by atoms with Gasteiger partial charge in [-0.3, -0.25) is 4.79 Å². The molecule has 0 aromatic heterocycles. The first-order valence-corrected chi connectivity index (χ1v) is 9.72. The van der Waals surface area contributed by atoms with Crippen LogP contribution in [0.3, 0.4) is 0 Å². The van der Waals surface area contributed by atoms with Crippen molar-refractivity contribution in [2.75, 3.05) is 34.4 Å². The van der Waals surface area contributed by atoms with Crippen molar-refractivity contribution >= 4 is 11.9 Å². The lowest BCUT2D eigenvalue weighted by Crippen LogP contribution is -2.43. The molecule has 8 heteroatoms. The zero-order valence-electron chi connectivity index (χ0n) is 18.0. The SMILES string of the molecule is CCNC(=NCc1ccc(OC)c(OC)c1)NCC(=O)NCc1ccc(OC)cc1. The van der Waals surface area contributed by atoms with Gasteiger partial charge >= 0.3 is 0 Å². The Balaban J connectivity index is 1.87. The van der Waals surface area contributed by atoms with E-state index in [1.807, 2.05) is 49.4 Å². The van der Waals surface area contributed by atoms with Gasteiger partial charge in [-0.05, 0) is 42.3 Å². The summed E-state index contributed by atoms with van der Waals surface area (Å²) in [5, 5.41) is 9.06. The van der Waals surface area contributed by atoms with Crippen molar-refractivity contribution in [1.82, 2.24) is 16.0 Å². The van der Waals surface area contributed by atoms with Crippen LogP contribution < -0.4 is 30.2 Å². The number of benzene rings is 2. The minimum atomic E-state index is -0.123. The number of nitrogens with zero attached hydrogens (tertiary/aromatic N) is 1. The van der Waals surface area contributed by atoms with Crippen LogP contribution in [0, 0.1) is 0 Å². The van der Waals surface area contributed by atoms with Crippen LogP contribution in [-0.2, 0) is 17.9 Å². The third kappa shape index (κ3) is 7.20. The van der Waals surface area contributed by atoms with Gasteiger partial charge in [0.05, 0.1) is 34.4 Å². The molecule has 0 atom stereocenters. The molecule has 0 aliphatic heterocycles. The molecule has 1 amide bonds. The maximum atomic E-state index is 12.2. The average Bonchev–Trinajstić information content (AvgIpc) is 2.79. The summed E-state index contributed by atoms with van der Waals surface area (Å²) >= 11 is 0. The molecule has 30 heavy (non-hydrogen) atoms. The second-order valence-corrected chi connectivity index (χ2v) is 6.36. The second-order valence-electron chi connectivity index (χ2n) is 6.36. The molecule has 0 heterocycles. The van der Waals surface area contributed by atoms with Gasteiger partial charge in [-0.1, -0.05) is 18.2 Å². The summed E-state index contributed by atoms with van der Waals surface area (Å²) < 4.78 is 15.7. The fraction of sp³-hybridized carbons (Fsp3) is 0.364. The minimum absolute atomic E-state index is 0.119. The number of hydrogen-bond acceptors (Lipinski definition) is 5. The molecule has 0 bridgehead atoms. The highest BCUT2D eigenvalue weighted by atomic mass is 16.5. The Morgan fingerprint density at radius 1 is 0.867 bits per heavy atom. The zero-order valence-corrected chi connectivity index (χ0v) is 18.0. The summed E-state index contributed by atoms with van der Waals surface area (Å²) in [4.78, 5) is 16.7. The van der Waals surface area contributed by atoms with Crippen molar-refractivity contribution in [2.45, 2.75) is 20.0 Å². The lowest BCUT2D eigenvalue weighted by atomic mass is 10.2. The van der Waals surface area contributed by atoms with Gasteiger partial charge < -0.3 is 30.2 Å². The van der Waals surface area contributed by atoms with E-state index in [2.05, 4.69) is 20.9 Å². The van der Waals surface area contributed by atoms with Gasteiger partial charge in [0.2, 0.25) is 5.91 Å². The van der Waals surface area contributed by atoms with Gasteiger partial charge in [-0.15, -0.1) is 0 Å².